The molecule has 6 nitrogen and oxygen atoms in total. The molecule has 0 aliphatic heterocycles. The van der Waals surface area contributed by atoms with Crippen molar-refractivity contribution >= 4 is 11.9 Å². The van der Waals surface area contributed by atoms with Crippen molar-refractivity contribution in [1.29, 1.82) is 0 Å². The second kappa shape index (κ2) is 5.81. The number of hydrogen-bond acceptors (Lipinski definition) is 4. The lowest BCUT2D eigenvalue weighted by atomic mass is 10.3. The maximum atomic E-state index is 11.5. The van der Waals surface area contributed by atoms with Gasteiger partial charge < -0.3 is 19.9 Å². The van der Waals surface area contributed by atoms with Crippen molar-refractivity contribution in [3.05, 3.63) is 0 Å². The van der Waals surface area contributed by atoms with E-state index in [0.29, 0.717) is 19.6 Å². The average molecular weight is 231 g/mol. The smallest absolute Gasteiger partial charge is 0.307 e. The fourth-order valence-corrected chi connectivity index (χ4v) is 1.50. The first-order valence-corrected chi connectivity index (χ1v) is 5.12. The normalized spacial score (nSPS) is 24.9. The average Bonchev–Trinajstić information content (AvgIpc) is 3.03. The molecule has 1 aliphatic rings. The van der Waals surface area contributed by atoms with Gasteiger partial charge in [-0.1, -0.05) is 0 Å². The van der Waals surface area contributed by atoms with E-state index in [4.69, 9.17) is 14.6 Å². The van der Waals surface area contributed by atoms with E-state index in [0.717, 1.165) is 0 Å². The van der Waals surface area contributed by atoms with E-state index in [9.17, 15) is 9.59 Å². The summed E-state index contributed by atoms with van der Waals surface area (Å²) in [6, 6.07) is 0. The van der Waals surface area contributed by atoms with Crippen LogP contribution in [-0.4, -0.2) is 50.5 Å². The molecule has 0 heterocycles. The van der Waals surface area contributed by atoms with Crippen LogP contribution < -0.4 is 5.32 Å². The van der Waals surface area contributed by atoms with E-state index in [2.05, 4.69) is 5.32 Å². The molecule has 1 fully saturated rings. The molecule has 16 heavy (non-hydrogen) atoms. The van der Waals surface area contributed by atoms with Crippen molar-refractivity contribution in [2.45, 2.75) is 12.5 Å². The number of aliphatic carboxylic acids is 1. The number of methoxy groups -OCH3 is 2. The molecule has 0 spiro atoms. The van der Waals surface area contributed by atoms with Gasteiger partial charge in [-0.15, -0.1) is 0 Å². The van der Waals surface area contributed by atoms with Crippen molar-refractivity contribution in [1.82, 2.24) is 5.32 Å². The highest BCUT2D eigenvalue weighted by molar-refractivity contribution is 5.89. The minimum Gasteiger partial charge on any atom is -0.481 e. The fourth-order valence-electron chi connectivity index (χ4n) is 1.50. The number of carboxylic acid groups (broad SMARTS) is 1. The highest BCUT2D eigenvalue weighted by Gasteiger charge is 2.48. The standard InChI is InChI=1S/C10H17NO5/c1-15-5-6(16-2)4-11-9(12)7-3-8(7)10(13)14/h6-8H,3-5H2,1-2H3,(H,11,12)(H,13,14). The van der Waals surface area contributed by atoms with Crippen molar-refractivity contribution in [2.24, 2.45) is 11.8 Å². The van der Waals surface area contributed by atoms with Gasteiger partial charge in [0.1, 0.15) is 0 Å². The van der Waals surface area contributed by atoms with Crippen LogP contribution >= 0.6 is 0 Å². The summed E-state index contributed by atoms with van der Waals surface area (Å²) in [5.74, 6) is -2.01. The van der Waals surface area contributed by atoms with Gasteiger partial charge in [-0.3, -0.25) is 9.59 Å². The maximum Gasteiger partial charge on any atom is 0.307 e. The van der Waals surface area contributed by atoms with Crippen molar-refractivity contribution in [3.8, 4) is 0 Å². The quantitative estimate of drug-likeness (QED) is 0.616. The zero-order valence-electron chi connectivity index (χ0n) is 9.43. The number of carboxylic acids is 1. The molecule has 3 atom stereocenters. The lowest BCUT2D eigenvalue weighted by Gasteiger charge is -2.14. The molecule has 1 rings (SSSR count). The lowest BCUT2D eigenvalue weighted by Crippen LogP contribution is -2.36. The van der Waals surface area contributed by atoms with Gasteiger partial charge in [0.05, 0.1) is 24.5 Å². The van der Waals surface area contributed by atoms with Gasteiger partial charge in [0.2, 0.25) is 5.91 Å². The molecule has 0 aromatic heterocycles. The van der Waals surface area contributed by atoms with Crippen LogP contribution in [0.2, 0.25) is 0 Å². The second-order valence-corrected chi connectivity index (χ2v) is 3.85. The Morgan fingerprint density at radius 1 is 1.44 bits per heavy atom. The monoisotopic (exact) mass is 231 g/mol. The first-order chi connectivity index (χ1) is 7.60. The Balaban J connectivity index is 2.23. The summed E-state index contributed by atoms with van der Waals surface area (Å²) >= 11 is 0. The summed E-state index contributed by atoms with van der Waals surface area (Å²) in [6.07, 6.45) is 0.235. The summed E-state index contributed by atoms with van der Waals surface area (Å²) in [5, 5.41) is 11.3. The van der Waals surface area contributed by atoms with Crippen LogP contribution in [0.15, 0.2) is 0 Å². The second-order valence-electron chi connectivity index (χ2n) is 3.85. The lowest BCUT2D eigenvalue weighted by molar-refractivity contribution is -0.140. The Morgan fingerprint density at radius 3 is 2.56 bits per heavy atom. The minimum absolute atomic E-state index is 0.198. The molecular weight excluding hydrogens is 214 g/mol. The van der Waals surface area contributed by atoms with Gasteiger partial charge in [0.15, 0.2) is 0 Å². The zero-order valence-corrected chi connectivity index (χ0v) is 9.43. The van der Waals surface area contributed by atoms with E-state index < -0.39 is 11.9 Å². The van der Waals surface area contributed by atoms with Crippen LogP contribution in [-0.2, 0) is 19.1 Å². The van der Waals surface area contributed by atoms with E-state index >= 15 is 0 Å². The molecular formula is C10H17NO5. The Morgan fingerprint density at radius 2 is 2.12 bits per heavy atom. The van der Waals surface area contributed by atoms with Crippen molar-refractivity contribution in [2.75, 3.05) is 27.4 Å². The maximum absolute atomic E-state index is 11.5. The Labute approximate surface area is 93.9 Å². The van der Waals surface area contributed by atoms with E-state index in [1.54, 1.807) is 7.11 Å². The third kappa shape index (κ3) is 3.46. The molecule has 6 heteroatoms. The van der Waals surface area contributed by atoms with Crippen LogP contribution in [0.5, 0.6) is 0 Å². The molecule has 0 radical (unpaired) electrons. The van der Waals surface area contributed by atoms with Gasteiger partial charge >= 0.3 is 5.97 Å². The van der Waals surface area contributed by atoms with Crippen molar-refractivity contribution < 1.29 is 24.2 Å². The molecule has 0 saturated heterocycles. The third-order valence-corrected chi connectivity index (χ3v) is 2.63. The topological polar surface area (TPSA) is 84.9 Å². The molecule has 2 N–H and O–H groups in total. The van der Waals surface area contributed by atoms with E-state index in [1.807, 2.05) is 0 Å². The molecule has 0 aromatic carbocycles. The summed E-state index contributed by atoms with van der Waals surface area (Å²) in [4.78, 5) is 22.0. The van der Waals surface area contributed by atoms with Crippen LogP contribution in [0.1, 0.15) is 6.42 Å². The SMILES string of the molecule is COCC(CNC(=O)C1CC1C(=O)O)OC. The molecule has 1 aliphatic carbocycles. The molecule has 92 valence electrons. The molecule has 1 amide bonds. The molecule has 0 aromatic rings. The number of rotatable bonds is 7. The summed E-state index contributed by atoms with van der Waals surface area (Å²) in [7, 11) is 3.09. The highest BCUT2D eigenvalue weighted by atomic mass is 16.5. The van der Waals surface area contributed by atoms with Crippen LogP contribution in [0.25, 0.3) is 0 Å². The molecule has 1 saturated carbocycles. The number of hydrogen-bond donors (Lipinski definition) is 2. The highest BCUT2D eigenvalue weighted by Crippen LogP contribution is 2.38. The summed E-state index contributed by atoms with van der Waals surface area (Å²) in [6.45, 7) is 0.732. The Kier molecular flexibility index (Phi) is 4.70. The van der Waals surface area contributed by atoms with Gasteiger partial charge in [0.25, 0.3) is 0 Å². The van der Waals surface area contributed by atoms with Crippen LogP contribution in [0, 0.1) is 11.8 Å². The largest absolute Gasteiger partial charge is 0.481 e. The van der Waals surface area contributed by atoms with Crippen LogP contribution in [0.3, 0.4) is 0 Å². The van der Waals surface area contributed by atoms with Crippen LogP contribution in [0.4, 0.5) is 0 Å². The summed E-state index contributed by atoms with van der Waals surface area (Å²) < 4.78 is 9.95. The van der Waals surface area contributed by atoms with E-state index in [-0.39, 0.29) is 17.9 Å². The fraction of sp³-hybridized carbons (Fsp3) is 0.800. The van der Waals surface area contributed by atoms with Crippen molar-refractivity contribution in [3.63, 3.8) is 0 Å². The minimum atomic E-state index is -0.902. The number of ether oxygens (including phenoxy) is 2. The van der Waals surface area contributed by atoms with Gasteiger partial charge in [-0.05, 0) is 6.42 Å². The third-order valence-electron chi connectivity index (χ3n) is 2.63. The van der Waals surface area contributed by atoms with Gasteiger partial charge in [0, 0.05) is 20.8 Å². The summed E-state index contributed by atoms with van der Waals surface area (Å²) in [5.41, 5.74) is 0. The first kappa shape index (κ1) is 12.9. The number of carbonyl (C=O) groups excluding carboxylic acids is 1. The molecule has 3 unspecified atom stereocenters. The zero-order chi connectivity index (χ0) is 12.1. The number of nitrogens with one attached hydrogen (secondary N) is 1. The predicted molar refractivity (Wildman–Crippen MR) is 54.9 cm³/mol. The Hall–Kier alpha value is -1.14. The predicted octanol–water partition coefficient (Wildman–Crippen LogP) is -0.515. The Bertz CT molecular complexity index is 268. The van der Waals surface area contributed by atoms with Gasteiger partial charge in [-0.25, -0.2) is 0 Å². The first-order valence-electron chi connectivity index (χ1n) is 5.12. The number of carbonyl (C=O) groups is 2. The van der Waals surface area contributed by atoms with E-state index in [1.165, 1.54) is 7.11 Å². The number of amides is 1. The van der Waals surface area contributed by atoms with Gasteiger partial charge in [-0.2, -0.15) is 0 Å². The molecule has 0 bridgehead atoms.